The maximum absolute atomic E-state index is 14.7. The van der Waals surface area contributed by atoms with Crippen molar-refractivity contribution in [2.24, 2.45) is 10.9 Å². The van der Waals surface area contributed by atoms with Crippen LogP contribution in [0.1, 0.15) is 18.2 Å². The zero-order valence-electron chi connectivity index (χ0n) is 26.3. The molecule has 0 bridgehead atoms. The lowest BCUT2D eigenvalue weighted by Gasteiger charge is -2.19. The number of H-pyrrole nitrogens is 1. The lowest BCUT2D eigenvalue weighted by molar-refractivity contribution is -0.141. The number of carbonyl (C=O) groups is 2. The average molecular weight is 689 g/mol. The maximum atomic E-state index is 14.7. The molecule has 2 heterocycles. The molecule has 0 saturated heterocycles. The molecule has 0 atom stereocenters. The van der Waals surface area contributed by atoms with E-state index in [0.717, 1.165) is 0 Å². The number of carboxylic acids is 1. The van der Waals surface area contributed by atoms with E-state index in [2.05, 4.69) is 20.0 Å². The number of aromatic nitrogens is 2. The molecule has 0 unspecified atom stereocenters. The molecular formula is C32H34ClFN4O10. The summed E-state index contributed by atoms with van der Waals surface area (Å²) in [5.74, 6) is -2.09. The number of amidine groups is 1. The zero-order valence-corrected chi connectivity index (χ0v) is 27.1. The summed E-state index contributed by atoms with van der Waals surface area (Å²) in [7, 11) is 3.07. The molecule has 14 nitrogen and oxygen atoms in total. The molecule has 4 N–H and O–H groups in total. The minimum Gasteiger partial charge on any atom is -0.481 e. The number of rotatable bonds is 18. The van der Waals surface area contributed by atoms with Gasteiger partial charge in [-0.3, -0.25) is 4.79 Å². The molecule has 2 aromatic carbocycles. The number of methoxy groups -OCH3 is 2. The summed E-state index contributed by atoms with van der Waals surface area (Å²) in [6.07, 6.45) is -0.426. The van der Waals surface area contributed by atoms with Crippen LogP contribution < -0.4 is 15.2 Å². The first-order valence-electron chi connectivity index (χ1n) is 14.4. The topological polar surface area (TPSA) is 186 Å². The van der Waals surface area contributed by atoms with Crippen LogP contribution in [-0.4, -0.2) is 87.1 Å². The molecular weight excluding hydrogens is 655 g/mol. The lowest BCUT2D eigenvalue weighted by Crippen LogP contribution is -2.17. The Morgan fingerprint density at radius 2 is 1.62 bits per heavy atom. The van der Waals surface area contributed by atoms with Crippen molar-refractivity contribution in [3.8, 4) is 33.9 Å². The lowest BCUT2D eigenvalue weighted by atomic mass is 9.93. The zero-order chi connectivity index (χ0) is 34.6. The Morgan fingerprint density at radius 3 is 2.27 bits per heavy atom. The largest absolute Gasteiger partial charge is 0.481 e. The molecule has 0 aliphatic heterocycles. The van der Waals surface area contributed by atoms with Crippen molar-refractivity contribution in [2.75, 3.05) is 54.2 Å². The number of oxime groups is 1. The van der Waals surface area contributed by atoms with Gasteiger partial charge < -0.3 is 49.1 Å². The molecule has 0 spiro atoms. The number of nitrogens with two attached hydrogens (primary N) is 1. The number of ether oxygens (including phenoxy) is 6. The second kappa shape index (κ2) is 17.4. The van der Waals surface area contributed by atoms with Crippen LogP contribution in [-0.2, 0) is 39.8 Å². The number of carbonyl (C=O) groups excluding carboxylic acids is 1. The van der Waals surface area contributed by atoms with Crippen LogP contribution in [0.2, 0.25) is 5.02 Å². The number of carboxylic acid groups (broad SMARTS) is 1. The number of fused-ring (bicyclic) bond motifs is 1. The van der Waals surface area contributed by atoms with Gasteiger partial charge >= 0.3 is 11.9 Å². The molecule has 256 valence electrons. The first kappa shape index (κ1) is 36.0. The Bertz CT molecular complexity index is 1780. The van der Waals surface area contributed by atoms with E-state index >= 15 is 0 Å². The van der Waals surface area contributed by atoms with E-state index in [0.29, 0.717) is 46.6 Å². The van der Waals surface area contributed by atoms with Crippen molar-refractivity contribution < 1.29 is 52.3 Å². The summed E-state index contributed by atoms with van der Waals surface area (Å²) in [6, 6.07) is 10.3. The summed E-state index contributed by atoms with van der Waals surface area (Å²) >= 11 is 6.43. The fraction of sp³-hybridized carbons (Fsp3) is 0.312. The number of hydrogen-bond acceptors (Lipinski definition) is 11. The van der Waals surface area contributed by atoms with E-state index in [1.165, 1.54) is 39.3 Å². The van der Waals surface area contributed by atoms with Gasteiger partial charge in [-0.15, -0.1) is 0 Å². The highest BCUT2D eigenvalue weighted by Gasteiger charge is 2.21. The normalized spacial score (nSPS) is 11.6. The van der Waals surface area contributed by atoms with Crippen molar-refractivity contribution in [2.45, 2.75) is 13.3 Å². The van der Waals surface area contributed by atoms with Gasteiger partial charge in [0.2, 0.25) is 0 Å². The minimum atomic E-state index is -1.13. The number of pyridine rings is 1. The van der Waals surface area contributed by atoms with Crippen LogP contribution in [0.25, 0.3) is 33.4 Å². The van der Waals surface area contributed by atoms with Gasteiger partial charge in [-0.2, -0.15) is 0 Å². The van der Waals surface area contributed by atoms with Gasteiger partial charge in [-0.1, -0.05) is 16.8 Å². The summed E-state index contributed by atoms with van der Waals surface area (Å²) in [5, 5.41) is 13.5. The number of benzene rings is 2. The van der Waals surface area contributed by atoms with Crippen LogP contribution >= 0.6 is 11.6 Å². The molecule has 0 fully saturated rings. The van der Waals surface area contributed by atoms with Crippen LogP contribution in [0.4, 0.5) is 4.39 Å². The minimum absolute atomic E-state index is 0.0748. The Labute approximate surface area is 279 Å². The molecule has 2 aromatic heterocycles. The van der Waals surface area contributed by atoms with Crippen molar-refractivity contribution in [3.05, 3.63) is 64.6 Å². The van der Waals surface area contributed by atoms with Crippen LogP contribution in [0.5, 0.6) is 11.5 Å². The van der Waals surface area contributed by atoms with Crippen molar-refractivity contribution >= 4 is 40.4 Å². The molecule has 4 aromatic rings. The molecule has 0 saturated carbocycles. The quantitative estimate of drug-likeness (QED) is 0.0332. The van der Waals surface area contributed by atoms with Gasteiger partial charge in [0.05, 0.1) is 54.6 Å². The highest BCUT2D eigenvalue weighted by atomic mass is 35.5. The van der Waals surface area contributed by atoms with Gasteiger partial charge in [0, 0.05) is 32.3 Å². The van der Waals surface area contributed by atoms with E-state index in [-0.39, 0.29) is 60.4 Å². The number of aromatic amines is 1. The smallest absolute Gasteiger partial charge is 0.332 e. The Hall–Kier alpha value is -4.80. The predicted molar refractivity (Wildman–Crippen MR) is 172 cm³/mol. The van der Waals surface area contributed by atoms with E-state index in [1.807, 2.05) is 0 Å². The number of nitrogens with zero attached hydrogens (tertiary/aromatic N) is 2. The summed E-state index contributed by atoms with van der Waals surface area (Å²) < 4.78 is 47.5. The average Bonchev–Trinajstić information content (AvgIpc) is 3.46. The third kappa shape index (κ3) is 9.62. The van der Waals surface area contributed by atoms with E-state index in [9.17, 15) is 19.1 Å². The Kier molecular flexibility index (Phi) is 13.1. The maximum Gasteiger partial charge on any atom is 0.332 e. The van der Waals surface area contributed by atoms with Gasteiger partial charge in [0.25, 0.3) is 0 Å². The second-order valence-electron chi connectivity index (χ2n) is 10.0. The van der Waals surface area contributed by atoms with Gasteiger partial charge in [-0.25, -0.2) is 14.2 Å². The molecule has 48 heavy (non-hydrogen) atoms. The Balaban J connectivity index is 1.86. The van der Waals surface area contributed by atoms with Crippen molar-refractivity contribution in [1.29, 1.82) is 0 Å². The first-order valence-corrected chi connectivity index (χ1v) is 14.8. The van der Waals surface area contributed by atoms with Crippen LogP contribution in [0.15, 0.2) is 47.6 Å². The van der Waals surface area contributed by atoms with Gasteiger partial charge in [0.1, 0.15) is 23.0 Å². The monoisotopic (exact) mass is 688 g/mol. The number of halogens is 2. The van der Waals surface area contributed by atoms with E-state index < -0.39 is 24.2 Å². The summed E-state index contributed by atoms with van der Waals surface area (Å²) in [5.41, 5.74) is 8.80. The fourth-order valence-corrected chi connectivity index (χ4v) is 4.72. The van der Waals surface area contributed by atoms with Gasteiger partial charge in [-0.05, 0) is 53.6 Å². The molecule has 0 aliphatic rings. The van der Waals surface area contributed by atoms with E-state index in [4.69, 9.17) is 45.8 Å². The van der Waals surface area contributed by atoms with Crippen LogP contribution in [0, 0.1) is 5.82 Å². The predicted octanol–water partition coefficient (Wildman–Crippen LogP) is 4.50. The number of nitrogens with one attached hydrogen (secondary N) is 1. The molecule has 0 amide bonds. The third-order valence-corrected chi connectivity index (χ3v) is 6.89. The number of aliphatic carboxylic acids is 1. The highest BCUT2D eigenvalue weighted by molar-refractivity contribution is 6.34. The fourth-order valence-electron chi connectivity index (χ4n) is 4.48. The number of hydrogen-bond donors (Lipinski definition) is 3. The molecule has 4 rings (SSSR count). The summed E-state index contributed by atoms with van der Waals surface area (Å²) in [4.78, 5) is 35.5. The second-order valence-corrected chi connectivity index (χ2v) is 10.4. The summed E-state index contributed by atoms with van der Waals surface area (Å²) in [6.45, 7) is 2.01. The molecule has 16 heteroatoms. The van der Waals surface area contributed by atoms with E-state index in [1.54, 1.807) is 24.3 Å². The van der Waals surface area contributed by atoms with Gasteiger partial charge in [0.15, 0.2) is 19.4 Å². The van der Waals surface area contributed by atoms with Crippen molar-refractivity contribution in [1.82, 2.24) is 9.97 Å². The Morgan fingerprint density at radius 1 is 0.938 bits per heavy atom. The highest BCUT2D eigenvalue weighted by Crippen LogP contribution is 2.41. The first-order chi connectivity index (χ1) is 23.1. The molecule has 0 aliphatic carbocycles. The standard InChI is InChI=1S/C32H34ClFN4O10/c1-18(39)48-38-32(35)31-24(33)14-26-27(37-31)15-25(36-26)23-13-21(19(11-30(40)41)10-29(23)47-17-45-9-7-43-3)22-12-20(34)4-5-28(22)46-16-44-8-6-42-2/h4-5,10,12-15,36H,6-9,11,16-17H2,1-3H3,(H2,35,38)(H,40,41). The molecule has 0 radical (unpaired) electrons. The van der Waals surface area contributed by atoms with Crippen molar-refractivity contribution in [3.63, 3.8) is 0 Å². The van der Waals surface area contributed by atoms with Crippen LogP contribution in [0.3, 0.4) is 0 Å². The third-order valence-electron chi connectivity index (χ3n) is 6.60. The SMILES string of the molecule is COCCOCOc1cc(CC(=O)O)c(-c2cc(F)ccc2OCOCCOC)cc1-c1cc2nc(C(N)=NOC(C)=O)c(Cl)cc2[nH]1.